The fourth-order valence-electron chi connectivity index (χ4n) is 1.70. The maximum Gasteiger partial charge on any atom is 0.137 e. The first-order valence-electron chi connectivity index (χ1n) is 5.80. The molecule has 0 amide bonds. The first kappa shape index (κ1) is 14.0. The van der Waals surface area contributed by atoms with Crippen LogP contribution in [0.15, 0.2) is 30.3 Å². The predicted octanol–water partition coefficient (Wildman–Crippen LogP) is 4.81. The topological polar surface area (TPSA) is 26.0 Å². The summed E-state index contributed by atoms with van der Waals surface area (Å²) in [5.74, 6) is 0.235. The third-order valence-electron chi connectivity index (χ3n) is 2.89. The average molecular weight is 375 g/mol. The molecule has 1 aromatic carbocycles. The highest BCUT2D eigenvalue weighted by Crippen LogP contribution is 2.35. The second kappa shape index (κ2) is 5.67. The van der Waals surface area contributed by atoms with Gasteiger partial charge in [0.25, 0.3) is 0 Å². The highest BCUT2D eigenvalue weighted by atomic mass is 127. The van der Waals surface area contributed by atoms with Crippen molar-refractivity contribution in [2.24, 2.45) is 11.7 Å². The lowest BCUT2D eigenvalue weighted by Gasteiger charge is -2.13. The van der Waals surface area contributed by atoms with Gasteiger partial charge in [0, 0.05) is 21.4 Å². The predicted molar refractivity (Wildman–Crippen MR) is 84.2 cm³/mol. The van der Waals surface area contributed by atoms with Crippen molar-refractivity contribution >= 4 is 33.9 Å². The Bertz CT molecular complexity index is 550. The molecule has 2 rings (SSSR count). The Morgan fingerprint density at radius 3 is 2.61 bits per heavy atom. The summed E-state index contributed by atoms with van der Waals surface area (Å²) < 4.78 is 14.2. The zero-order valence-electron chi connectivity index (χ0n) is 10.3. The molecule has 1 heterocycles. The minimum atomic E-state index is -0.170. The second-order valence-corrected chi connectivity index (χ2v) is 6.77. The molecule has 2 aromatic rings. The van der Waals surface area contributed by atoms with Crippen LogP contribution in [0.5, 0.6) is 0 Å². The van der Waals surface area contributed by atoms with Gasteiger partial charge < -0.3 is 5.73 Å². The zero-order chi connectivity index (χ0) is 13.3. The third-order valence-corrected chi connectivity index (χ3v) is 5.21. The van der Waals surface area contributed by atoms with Crippen LogP contribution in [0.3, 0.4) is 0 Å². The van der Waals surface area contributed by atoms with Gasteiger partial charge in [-0.1, -0.05) is 26.0 Å². The molecule has 1 aromatic heterocycles. The molecule has 0 radical (unpaired) electrons. The summed E-state index contributed by atoms with van der Waals surface area (Å²) in [7, 11) is 0. The minimum absolute atomic E-state index is 0.0509. The summed E-state index contributed by atoms with van der Waals surface area (Å²) in [6, 6.07) is 9.30. The number of thiophene rings is 1. The van der Waals surface area contributed by atoms with Crippen LogP contribution in [0.25, 0.3) is 10.4 Å². The van der Waals surface area contributed by atoms with Crippen LogP contribution in [-0.4, -0.2) is 0 Å². The first-order valence-corrected chi connectivity index (χ1v) is 7.70. The Labute approximate surface area is 124 Å². The lowest BCUT2D eigenvalue weighted by molar-refractivity contribution is 0.521. The molecule has 1 unspecified atom stereocenters. The fraction of sp³-hybridized carbons (Fsp3) is 0.286. The van der Waals surface area contributed by atoms with Crippen LogP contribution in [0.4, 0.5) is 4.39 Å². The van der Waals surface area contributed by atoms with Gasteiger partial charge in [0.2, 0.25) is 0 Å². The summed E-state index contributed by atoms with van der Waals surface area (Å²) in [5, 5.41) is 0. The van der Waals surface area contributed by atoms with Gasteiger partial charge in [-0.15, -0.1) is 11.3 Å². The van der Waals surface area contributed by atoms with Gasteiger partial charge in [0.1, 0.15) is 5.82 Å². The van der Waals surface area contributed by atoms with Crippen molar-refractivity contribution in [3.8, 4) is 10.4 Å². The molecule has 0 aliphatic rings. The van der Waals surface area contributed by atoms with Gasteiger partial charge in [-0.2, -0.15) is 0 Å². The monoisotopic (exact) mass is 375 g/mol. The van der Waals surface area contributed by atoms with E-state index in [9.17, 15) is 4.39 Å². The largest absolute Gasteiger partial charge is 0.323 e. The Kier molecular flexibility index (Phi) is 4.40. The normalized spacial score (nSPS) is 13.0. The van der Waals surface area contributed by atoms with E-state index in [1.165, 1.54) is 6.07 Å². The van der Waals surface area contributed by atoms with Crippen LogP contribution < -0.4 is 5.73 Å². The number of nitrogens with two attached hydrogens (primary N) is 1. The molecule has 1 atom stereocenters. The molecule has 0 saturated carbocycles. The molecule has 96 valence electrons. The molecule has 0 saturated heterocycles. The van der Waals surface area contributed by atoms with Crippen LogP contribution in [-0.2, 0) is 0 Å². The van der Waals surface area contributed by atoms with E-state index in [4.69, 9.17) is 5.73 Å². The van der Waals surface area contributed by atoms with Gasteiger partial charge in [0.15, 0.2) is 0 Å². The standard InChI is InChI=1S/C14H15FINS/c1-8(2)14(17)12-7-6-11(18-12)9-4-3-5-10(15)13(9)16/h3-8,14H,17H2,1-2H3. The molecule has 0 bridgehead atoms. The number of benzene rings is 1. The molecule has 2 N–H and O–H groups in total. The van der Waals surface area contributed by atoms with Crippen LogP contribution in [0, 0.1) is 15.3 Å². The molecule has 0 aliphatic carbocycles. The van der Waals surface area contributed by atoms with Crippen LogP contribution in [0.1, 0.15) is 24.8 Å². The van der Waals surface area contributed by atoms with Crippen molar-refractivity contribution in [2.45, 2.75) is 19.9 Å². The quantitative estimate of drug-likeness (QED) is 0.766. The summed E-state index contributed by atoms with van der Waals surface area (Å²) in [5.41, 5.74) is 7.08. The Balaban J connectivity index is 2.38. The smallest absolute Gasteiger partial charge is 0.137 e. The van der Waals surface area contributed by atoms with Gasteiger partial charge in [-0.3, -0.25) is 0 Å². The van der Waals surface area contributed by atoms with Gasteiger partial charge in [0.05, 0.1) is 3.57 Å². The SMILES string of the molecule is CC(C)C(N)c1ccc(-c2cccc(F)c2I)s1. The van der Waals surface area contributed by atoms with Crippen molar-refractivity contribution in [3.05, 3.63) is 44.6 Å². The van der Waals surface area contributed by atoms with Crippen LogP contribution in [0.2, 0.25) is 0 Å². The fourth-order valence-corrected chi connectivity index (χ4v) is 3.75. The van der Waals surface area contributed by atoms with Gasteiger partial charge >= 0.3 is 0 Å². The number of hydrogen-bond donors (Lipinski definition) is 1. The third kappa shape index (κ3) is 2.75. The van der Waals surface area contributed by atoms with Crippen molar-refractivity contribution in [1.82, 2.24) is 0 Å². The average Bonchev–Trinajstić information content (AvgIpc) is 2.80. The van der Waals surface area contributed by atoms with Crippen LogP contribution >= 0.6 is 33.9 Å². The van der Waals surface area contributed by atoms with E-state index in [-0.39, 0.29) is 11.9 Å². The van der Waals surface area contributed by atoms with E-state index in [0.29, 0.717) is 9.49 Å². The zero-order valence-corrected chi connectivity index (χ0v) is 13.3. The van der Waals surface area contributed by atoms with Crippen molar-refractivity contribution in [3.63, 3.8) is 0 Å². The number of hydrogen-bond acceptors (Lipinski definition) is 2. The van der Waals surface area contributed by atoms with Gasteiger partial charge in [-0.25, -0.2) is 4.39 Å². The van der Waals surface area contributed by atoms with E-state index in [2.05, 4.69) is 13.8 Å². The van der Waals surface area contributed by atoms with E-state index >= 15 is 0 Å². The van der Waals surface area contributed by atoms with E-state index in [1.54, 1.807) is 17.4 Å². The van der Waals surface area contributed by atoms with Crippen molar-refractivity contribution < 1.29 is 4.39 Å². The second-order valence-electron chi connectivity index (χ2n) is 4.57. The highest BCUT2D eigenvalue weighted by molar-refractivity contribution is 14.1. The minimum Gasteiger partial charge on any atom is -0.323 e. The summed E-state index contributed by atoms with van der Waals surface area (Å²) in [4.78, 5) is 2.23. The van der Waals surface area contributed by atoms with E-state index in [1.807, 2.05) is 40.8 Å². The Hall–Kier alpha value is -0.460. The molecule has 0 aliphatic heterocycles. The molecule has 4 heteroatoms. The molecule has 0 fully saturated rings. The summed E-state index contributed by atoms with van der Waals surface area (Å²) in [6.45, 7) is 4.21. The summed E-state index contributed by atoms with van der Waals surface area (Å²) in [6.07, 6.45) is 0. The molecular weight excluding hydrogens is 360 g/mol. The maximum atomic E-state index is 13.5. The lowest BCUT2D eigenvalue weighted by Crippen LogP contribution is -2.14. The molecule has 0 spiro atoms. The van der Waals surface area contributed by atoms with Gasteiger partial charge in [-0.05, 0) is 46.7 Å². The summed E-state index contributed by atoms with van der Waals surface area (Å²) >= 11 is 3.70. The van der Waals surface area contributed by atoms with E-state index < -0.39 is 0 Å². The maximum absolute atomic E-state index is 13.5. The van der Waals surface area contributed by atoms with Crippen molar-refractivity contribution in [2.75, 3.05) is 0 Å². The van der Waals surface area contributed by atoms with E-state index in [0.717, 1.165) is 15.3 Å². The Morgan fingerprint density at radius 1 is 1.22 bits per heavy atom. The number of rotatable bonds is 3. The molecule has 1 nitrogen and oxygen atoms in total. The first-order chi connectivity index (χ1) is 8.50. The molecular formula is C14H15FINS. The molecule has 18 heavy (non-hydrogen) atoms. The Morgan fingerprint density at radius 2 is 1.94 bits per heavy atom. The van der Waals surface area contributed by atoms with Crippen molar-refractivity contribution in [1.29, 1.82) is 0 Å². The highest BCUT2D eigenvalue weighted by Gasteiger charge is 2.15. The number of halogens is 2. The lowest BCUT2D eigenvalue weighted by atomic mass is 10.0.